The van der Waals surface area contributed by atoms with Gasteiger partial charge >= 0.3 is 6.09 Å². The number of benzene rings is 1. The Morgan fingerprint density at radius 1 is 1.21 bits per heavy atom. The predicted octanol–water partition coefficient (Wildman–Crippen LogP) is 3.67. The van der Waals surface area contributed by atoms with Crippen LogP contribution in [0.15, 0.2) is 35.5 Å². The van der Waals surface area contributed by atoms with E-state index >= 15 is 0 Å². The number of pyridine rings is 1. The van der Waals surface area contributed by atoms with Crippen LogP contribution in [0.3, 0.4) is 0 Å². The normalized spacial score (nSPS) is 12.3. The van der Waals surface area contributed by atoms with Crippen LogP contribution >= 0.6 is 0 Å². The van der Waals surface area contributed by atoms with Gasteiger partial charge in [-0.25, -0.2) is 18.4 Å². The van der Waals surface area contributed by atoms with Crippen LogP contribution in [0.5, 0.6) is 11.5 Å². The second-order valence-electron chi connectivity index (χ2n) is 8.22. The van der Waals surface area contributed by atoms with Gasteiger partial charge in [0.2, 0.25) is 0 Å². The number of hydrogen-bond acceptors (Lipinski definition) is 7. The van der Waals surface area contributed by atoms with Crippen molar-refractivity contribution in [3.8, 4) is 22.8 Å². The number of carbonyl (C=O) groups is 1. The third-order valence-corrected chi connectivity index (χ3v) is 5.32. The van der Waals surface area contributed by atoms with Gasteiger partial charge in [0.15, 0.2) is 22.6 Å². The van der Waals surface area contributed by atoms with Gasteiger partial charge < -0.3 is 29.4 Å². The average molecular weight is 495 g/mol. The highest BCUT2D eigenvalue weighted by molar-refractivity contribution is 7.79. The summed E-state index contributed by atoms with van der Waals surface area (Å²) in [5, 5.41) is 5.67. The summed E-state index contributed by atoms with van der Waals surface area (Å²) in [6.07, 6.45) is 2.39. The first-order valence-electron chi connectivity index (χ1n) is 10.3. The van der Waals surface area contributed by atoms with Crippen molar-refractivity contribution in [1.29, 1.82) is 0 Å². The minimum Gasteiger partial charge on any atom is -0.495 e. The van der Waals surface area contributed by atoms with E-state index in [1.54, 1.807) is 31.2 Å². The van der Waals surface area contributed by atoms with Crippen LogP contribution in [0, 0.1) is 5.82 Å². The number of nitrogens with one attached hydrogen (secondary N) is 2. The van der Waals surface area contributed by atoms with E-state index in [1.807, 2.05) is 0 Å². The van der Waals surface area contributed by atoms with E-state index < -0.39 is 28.6 Å². The predicted molar refractivity (Wildman–Crippen MR) is 125 cm³/mol. The summed E-state index contributed by atoms with van der Waals surface area (Å²) in [5.41, 5.74) is 1.14. The number of methoxy groups -OCH3 is 2. The van der Waals surface area contributed by atoms with Gasteiger partial charge in [0.05, 0.1) is 31.8 Å². The molecule has 0 radical (unpaired) electrons. The topological polar surface area (TPSA) is 123 Å². The zero-order valence-electron chi connectivity index (χ0n) is 19.5. The van der Waals surface area contributed by atoms with Gasteiger partial charge in [-0.1, -0.05) is 0 Å². The van der Waals surface area contributed by atoms with Gasteiger partial charge in [0.1, 0.15) is 21.9 Å². The number of amides is 1. The first-order chi connectivity index (χ1) is 16.0. The molecule has 3 aromatic rings. The van der Waals surface area contributed by atoms with Crippen LogP contribution in [0.1, 0.15) is 20.8 Å². The highest BCUT2D eigenvalue weighted by Gasteiger charge is 2.19. The number of rotatable bonds is 8. The van der Waals surface area contributed by atoms with E-state index in [2.05, 4.69) is 15.6 Å². The molecule has 2 aromatic heterocycles. The Kier molecular flexibility index (Phi) is 7.62. The molecule has 3 N–H and O–H groups in total. The van der Waals surface area contributed by atoms with E-state index in [9.17, 15) is 17.9 Å². The maximum Gasteiger partial charge on any atom is 0.407 e. The minimum absolute atomic E-state index is 0.00802. The zero-order chi connectivity index (χ0) is 25.0. The maximum atomic E-state index is 14.9. The van der Waals surface area contributed by atoms with Gasteiger partial charge in [-0.3, -0.25) is 4.40 Å². The third-order valence-electron chi connectivity index (χ3n) is 4.64. The number of fused-ring (bicyclic) bond motifs is 1. The number of anilines is 1. The monoisotopic (exact) mass is 494 g/mol. The van der Waals surface area contributed by atoms with Crippen molar-refractivity contribution >= 4 is 28.5 Å². The number of ether oxygens (including phenoxy) is 3. The summed E-state index contributed by atoms with van der Waals surface area (Å²) in [6, 6.07) is 4.47. The van der Waals surface area contributed by atoms with E-state index in [1.165, 1.54) is 38.7 Å². The molecule has 0 spiro atoms. The molecular weight excluding hydrogens is 467 g/mol. The summed E-state index contributed by atoms with van der Waals surface area (Å²) >= 11 is -2.30. The number of nitrogens with zero attached hydrogens (tertiary/aromatic N) is 2. The quantitative estimate of drug-likeness (QED) is 0.320. The molecule has 0 bridgehead atoms. The molecule has 0 saturated carbocycles. The molecule has 0 aliphatic heterocycles. The van der Waals surface area contributed by atoms with Crippen molar-refractivity contribution in [2.75, 3.05) is 32.6 Å². The summed E-state index contributed by atoms with van der Waals surface area (Å²) in [6.45, 7) is 5.80. The standard InChI is InChI=1S/C22H27FN4O6S/c1-22(2,3)33-21(28)25-7-6-24-15-9-13(8-14(23)20(15)32-5)16-11-26-19-10-17(31-4)18(34(29)30)12-27(16)19/h8-12,24H,6-7H2,1-5H3,(H,25,28)(H,29,30). The fourth-order valence-electron chi connectivity index (χ4n) is 3.25. The zero-order valence-corrected chi connectivity index (χ0v) is 20.3. The van der Waals surface area contributed by atoms with Crippen LogP contribution < -0.4 is 20.1 Å². The maximum absolute atomic E-state index is 14.9. The first kappa shape index (κ1) is 25.2. The second-order valence-corrected chi connectivity index (χ2v) is 9.16. The summed E-state index contributed by atoms with van der Waals surface area (Å²) < 4.78 is 53.3. The van der Waals surface area contributed by atoms with Crippen LogP contribution in [0.4, 0.5) is 14.9 Å². The van der Waals surface area contributed by atoms with Crippen LogP contribution in [0.2, 0.25) is 0 Å². The van der Waals surface area contributed by atoms with Crippen molar-refractivity contribution in [2.24, 2.45) is 0 Å². The van der Waals surface area contributed by atoms with E-state index in [4.69, 9.17) is 14.2 Å². The molecule has 0 aliphatic carbocycles. The molecule has 1 aromatic carbocycles. The smallest absolute Gasteiger partial charge is 0.407 e. The van der Waals surface area contributed by atoms with Crippen molar-refractivity contribution < 1.29 is 32.2 Å². The second kappa shape index (κ2) is 10.3. The molecule has 1 unspecified atom stereocenters. The van der Waals surface area contributed by atoms with E-state index in [0.29, 0.717) is 22.6 Å². The van der Waals surface area contributed by atoms with Crippen molar-refractivity contribution in [3.05, 3.63) is 36.4 Å². The minimum atomic E-state index is -2.30. The van der Waals surface area contributed by atoms with Crippen LogP contribution in [-0.4, -0.2) is 57.1 Å². The highest BCUT2D eigenvalue weighted by atomic mass is 32.2. The number of alkyl carbamates (subject to hydrolysis) is 1. The molecule has 12 heteroatoms. The number of aromatic nitrogens is 2. The van der Waals surface area contributed by atoms with Crippen molar-refractivity contribution in [1.82, 2.24) is 14.7 Å². The van der Waals surface area contributed by atoms with Gasteiger partial charge in [0.25, 0.3) is 0 Å². The van der Waals surface area contributed by atoms with Crippen molar-refractivity contribution in [3.63, 3.8) is 0 Å². The molecule has 1 amide bonds. The first-order valence-corrected chi connectivity index (χ1v) is 11.4. The lowest BCUT2D eigenvalue weighted by atomic mass is 10.1. The molecule has 0 fully saturated rings. The molecule has 1 atom stereocenters. The molecule has 0 aliphatic rings. The molecule has 2 heterocycles. The summed E-state index contributed by atoms with van der Waals surface area (Å²) in [7, 11) is 2.74. The fraction of sp³-hybridized carbons (Fsp3) is 0.364. The number of hydrogen-bond donors (Lipinski definition) is 3. The SMILES string of the molecule is COc1cc2ncc(-c3cc(F)c(OC)c(NCCNC(=O)OC(C)(C)C)c3)n2cc1S(=O)O. The largest absolute Gasteiger partial charge is 0.495 e. The molecule has 0 saturated heterocycles. The Morgan fingerprint density at radius 3 is 2.56 bits per heavy atom. The number of carbonyl (C=O) groups excluding carboxylic acids is 1. The molecule has 34 heavy (non-hydrogen) atoms. The van der Waals surface area contributed by atoms with Crippen molar-refractivity contribution in [2.45, 2.75) is 31.3 Å². The average Bonchev–Trinajstić information content (AvgIpc) is 3.17. The molecule has 3 rings (SSSR count). The third kappa shape index (κ3) is 5.75. The number of imidazole rings is 1. The van der Waals surface area contributed by atoms with E-state index in [0.717, 1.165) is 0 Å². The van der Waals surface area contributed by atoms with Gasteiger partial charge in [0, 0.05) is 30.9 Å². The lowest BCUT2D eigenvalue weighted by Gasteiger charge is -2.20. The summed E-state index contributed by atoms with van der Waals surface area (Å²) in [5.74, 6) is -0.392. The Morgan fingerprint density at radius 2 is 1.94 bits per heavy atom. The molecule has 184 valence electrons. The van der Waals surface area contributed by atoms with Gasteiger partial charge in [-0.05, 0) is 32.9 Å². The van der Waals surface area contributed by atoms with Crippen LogP contribution in [-0.2, 0) is 15.8 Å². The molecular formula is C22H27FN4O6S. The summed E-state index contributed by atoms with van der Waals surface area (Å²) in [4.78, 5) is 16.1. The molecule has 10 nitrogen and oxygen atoms in total. The van der Waals surface area contributed by atoms with Crippen LogP contribution in [0.25, 0.3) is 16.9 Å². The number of halogens is 1. The van der Waals surface area contributed by atoms with Gasteiger partial charge in [-0.2, -0.15) is 0 Å². The lowest BCUT2D eigenvalue weighted by molar-refractivity contribution is 0.0530. The van der Waals surface area contributed by atoms with Gasteiger partial charge in [-0.15, -0.1) is 0 Å². The Balaban J connectivity index is 1.88. The highest BCUT2D eigenvalue weighted by Crippen LogP contribution is 2.35. The Hall–Kier alpha value is -3.38. The Bertz CT molecular complexity index is 1220. The lowest BCUT2D eigenvalue weighted by Crippen LogP contribution is -2.35. The Labute approximate surface area is 198 Å². The fourth-order valence-corrected chi connectivity index (χ4v) is 3.76. The van der Waals surface area contributed by atoms with E-state index in [-0.39, 0.29) is 29.5 Å².